The summed E-state index contributed by atoms with van der Waals surface area (Å²) in [5.74, 6) is 1.82. The van der Waals surface area contributed by atoms with E-state index in [2.05, 4.69) is 11.9 Å². The number of hydrogen-bond donors (Lipinski definition) is 1. The van der Waals surface area contributed by atoms with Gasteiger partial charge in [0.15, 0.2) is 0 Å². The van der Waals surface area contributed by atoms with Crippen LogP contribution in [0.1, 0.15) is 22.1 Å². The van der Waals surface area contributed by atoms with Gasteiger partial charge < -0.3 is 10.1 Å². The average Bonchev–Trinajstić information content (AvgIpc) is 2.93. The molecule has 1 atom stereocenters. The summed E-state index contributed by atoms with van der Waals surface area (Å²) in [5, 5.41) is 8.39. The predicted octanol–water partition coefficient (Wildman–Crippen LogP) is 5.17. The molecule has 0 radical (unpaired) electrons. The molecule has 148 valence electrons. The van der Waals surface area contributed by atoms with Gasteiger partial charge in [0, 0.05) is 10.6 Å². The molecule has 0 aliphatic carbocycles. The number of aromatic nitrogens is 2. The zero-order chi connectivity index (χ0) is 20.4. The van der Waals surface area contributed by atoms with Gasteiger partial charge in [-0.1, -0.05) is 36.4 Å². The number of aryl methyl sites for hydroxylation is 1. The lowest BCUT2D eigenvalue weighted by atomic mass is 10.0. The van der Waals surface area contributed by atoms with E-state index in [1.807, 2.05) is 55.5 Å². The Morgan fingerprint density at radius 2 is 2.00 bits per heavy atom. The van der Waals surface area contributed by atoms with Crippen molar-refractivity contribution in [1.82, 2.24) is 9.78 Å². The SMILES string of the molecule is C=CCOc1ccc([C@H]2SCC(=O)Nc3c2c(C)nn3-c2ccc(Cl)cc2)cc1. The van der Waals surface area contributed by atoms with E-state index in [1.165, 1.54) is 0 Å². The van der Waals surface area contributed by atoms with Crippen LogP contribution in [0.2, 0.25) is 5.02 Å². The Kier molecular flexibility index (Phi) is 5.65. The largest absolute Gasteiger partial charge is 0.490 e. The molecule has 0 saturated carbocycles. The molecular formula is C22H20ClN3O2S. The third-order valence-corrected chi connectivity index (χ3v) is 6.15. The second kappa shape index (κ2) is 8.35. The van der Waals surface area contributed by atoms with Crippen molar-refractivity contribution in [2.75, 3.05) is 17.7 Å². The lowest BCUT2D eigenvalue weighted by Crippen LogP contribution is -2.15. The zero-order valence-electron chi connectivity index (χ0n) is 15.9. The monoisotopic (exact) mass is 425 g/mol. The maximum atomic E-state index is 12.4. The first-order chi connectivity index (χ1) is 14.1. The van der Waals surface area contributed by atoms with Gasteiger partial charge in [-0.3, -0.25) is 4.79 Å². The van der Waals surface area contributed by atoms with Crippen molar-refractivity contribution < 1.29 is 9.53 Å². The molecule has 1 amide bonds. The van der Waals surface area contributed by atoms with Crippen LogP contribution in [-0.4, -0.2) is 28.0 Å². The van der Waals surface area contributed by atoms with Gasteiger partial charge in [0.2, 0.25) is 5.91 Å². The van der Waals surface area contributed by atoms with Gasteiger partial charge in [0.05, 0.1) is 22.4 Å². The van der Waals surface area contributed by atoms with E-state index in [4.69, 9.17) is 21.4 Å². The highest BCUT2D eigenvalue weighted by molar-refractivity contribution is 8.00. The second-order valence-corrected chi connectivity index (χ2v) is 8.17. The fraction of sp³-hybridized carbons (Fsp3) is 0.182. The Morgan fingerprint density at radius 3 is 2.69 bits per heavy atom. The third-order valence-electron chi connectivity index (χ3n) is 4.63. The summed E-state index contributed by atoms with van der Waals surface area (Å²) in [6.45, 7) is 6.10. The van der Waals surface area contributed by atoms with Crippen molar-refractivity contribution in [3.05, 3.63) is 83.0 Å². The summed E-state index contributed by atoms with van der Waals surface area (Å²) in [6.07, 6.45) is 1.72. The predicted molar refractivity (Wildman–Crippen MR) is 118 cm³/mol. The van der Waals surface area contributed by atoms with Gasteiger partial charge in [-0.15, -0.1) is 11.8 Å². The summed E-state index contributed by atoms with van der Waals surface area (Å²) in [7, 11) is 0. The number of thioether (sulfide) groups is 1. The van der Waals surface area contributed by atoms with Crippen molar-refractivity contribution in [2.45, 2.75) is 12.2 Å². The van der Waals surface area contributed by atoms with Gasteiger partial charge >= 0.3 is 0 Å². The van der Waals surface area contributed by atoms with Crippen LogP contribution in [0.5, 0.6) is 5.75 Å². The first kappa shape index (κ1) is 19.6. The zero-order valence-corrected chi connectivity index (χ0v) is 17.5. The number of benzene rings is 2. The molecule has 5 nitrogen and oxygen atoms in total. The smallest absolute Gasteiger partial charge is 0.235 e. The maximum absolute atomic E-state index is 12.4. The molecule has 0 fully saturated rings. The highest BCUT2D eigenvalue weighted by atomic mass is 35.5. The van der Waals surface area contributed by atoms with E-state index < -0.39 is 0 Å². The summed E-state index contributed by atoms with van der Waals surface area (Å²) in [4.78, 5) is 12.4. The van der Waals surface area contributed by atoms with Crippen molar-refractivity contribution in [3.8, 4) is 11.4 Å². The van der Waals surface area contributed by atoms with Gasteiger partial charge in [-0.05, 0) is 48.9 Å². The number of ether oxygens (including phenoxy) is 1. The lowest BCUT2D eigenvalue weighted by Gasteiger charge is -2.16. The molecule has 0 unspecified atom stereocenters. The number of fused-ring (bicyclic) bond motifs is 1. The average molecular weight is 426 g/mol. The summed E-state index contributed by atoms with van der Waals surface area (Å²) >= 11 is 7.62. The first-order valence-electron chi connectivity index (χ1n) is 9.17. The van der Waals surface area contributed by atoms with Crippen molar-refractivity contribution in [3.63, 3.8) is 0 Å². The Hall–Kier alpha value is -2.70. The number of amides is 1. The van der Waals surface area contributed by atoms with E-state index in [9.17, 15) is 4.79 Å². The minimum absolute atomic E-state index is 0.0153. The van der Waals surface area contributed by atoms with Crippen LogP contribution in [0, 0.1) is 6.92 Å². The van der Waals surface area contributed by atoms with Crippen LogP contribution >= 0.6 is 23.4 Å². The second-order valence-electron chi connectivity index (χ2n) is 6.64. The van der Waals surface area contributed by atoms with Crippen LogP contribution in [0.25, 0.3) is 5.69 Å². The van der Waals surface area contributed by atoms with E-state index in [1.54, 1.807) is 22.5 Å². The van der Waals surface area contributed by atoms with Crippen molar-refractivity contribution in [1.29, 1.82) is 0 Å². The van der Waals surface area contributed by atoms with Gasteiger partial charge in [-0.25, -0.2) is 4.68 Å². The Labute approximate surface area is 178 Å². The van der Waals surface area contributed by atoms with Crippen LogP contribution in [0.4, 0.5) is 5.82 Å². The Morgan fingerprint density at radius 1 is 1.28 bits per heavy atom. The first-order valence-corrected chi connectivity index (χ1v) is 10.6. The molecule has 1 N–H and O–H groups in total. The molecule has 4 rings (SSSR count). The number of anilines is 1. The number of nitrogens with zero attached hydrogens (tertiary/aromatic N) is 2. The molecule has 1 aliphatic rings. The molecule has 29 heavy (non-hydrogen) atoms. The van der Waals surface area contributed by atoms with Crippen molar-refractivity contribution >= 4 is 35.1 Å². The summed E-state index contributed by atoms with van der Waals surface area (Å²) in [6, 6.07) is 15.4. The van der Waals surface area contributed by atoms with Crippen LogP contribution in [0.3, 0.4) is 0 Å². The highest BCUT2D eigenvalue weighted by Crippen LogP contribution is 2.44. The molecule has 1 aromatic heterocycles. The van der Waals surface area contributed by atoms with E-state index >= 15 is 0 Å². The fourth-order valence-electron chi connectivity index (χ4n) is 3.31. The standard InChI is InChI=1S/C22H20ClN3O2S/c1-3-12-28-18-10-4-15(5-11-18)21-20-14(2)25-26(17-8-6-16(23)7-9-17)22(20)24-19(27)13-29-21/h3-11,21H,1,12-13H2,2H3,(H,24,27)/t21-/m1/s1. The minimum Gasteiger partial charge on any atom is -0.490 e. The molecule has 0 spiro atoms. The molecule has 0 bridgehead atoms. The molecule has 2 aromatic carbocycles. The van der Waals surface area contributed by atoms with Gasteiger partial charge in [-0.2, -0.15) is 5.10 Å². The number of carbonyl (C=O) groups is 1. The summed E-state index contributed by atoms with van der Waals surface area (Å²) in [5.41, 5.74) is 3.83. The molecule has 0 saturated heterocycles. The fourth-order valence-corrected chi connectivity index (χ4v) is 4.62. The van der Waals surface area contributed by atoms with Gasteiger partial charge in [0.1, 0.15) is 18.2 Å². The Balaban J connectivity index is 1.76. The van der Waals surface area contributed by atoms with Crippen LogP contribution in [0.15, 0.2) is 61.2 Å². The van der Waals surface area contributed by atoms with E-state index in [0.29, 0.717) is 23.2 Å². The topological polar surface area (TPSA) is 56.1 Å². The lowest BCUT2D eigenvalue weighted by molar-refractivity contribution is -0.113. The molecule has 3 aromatic rings. The number of halogens is 1. The van der Waals surface area contributed by atoms with Crippen LogP contribution < -0.4 is 10.1 Å². The number of nitrogens with one attached hydrogen (secondary N) is 1. The highest BCUT2D eigenvalue weighted by Gasteiger charge is 2.30. The normalized spacial score (nSPS) is 15.9. The minimum atomic E-state index is -0.0419. The molecular weight excluding hydrogens is 406 g/mol. The summed E-state index contributed by atoms with van der Waals surface area (Å²) < 4.78 is 7.36. The quantitative estimate of drug-likeness (QED) is 0.572. The Bertz CT molecular complexity index is 1050. The maximum Gasteiger partial charge on any atom is 0.235 e. The van der Waals surface area contributed by atoms with Crippen molar-refractivity contribution in [2.24, 2.45) is 0 Å². The molecule has 7 heteroatoms. The molecule has 2 heterocycles. The third kappa shape index (κ3) is 4.04. The number of hydrogen-bond acceptors (Lipinski definition) is 4. The van der Waals surface area contributed by atoms with E-state index in [0.717, 1.165) is 28.3 Å². The number of carbonyl (C=O) groups excluding carboxylic acids is 1. The van der Waals surface area contributed by atoms with Gasteiger partial charge in [0.25, 0.3) is 0 Å². The van der Waals surface area contributed by atoms with Crippen LogP contribution in [-0.2, 0) is 4.79 Å². The molecule has 1 aliphatic heterocycles. The van der Waals surface area contributed by atoms with E-state index in [-0.39, 0.29) is 11.2 Å². The number of rotatable bonds is 5.